The second-order valence-corrected chi connectivity index (χ2v) is 10.5. The number of amides is 2. The molecule has 1 saturated heterocycles. The molecule has 3 aromatic carbocycles. The van der Waals surface area contributed by atoms with Crippen LogP contribution in [0.25, 0.3) is 11.3 Å². The topological polar surface area (TPSA) is 106 Å². The number of nitrogens with zero attached hydrogens (tertiary/aromatic N) is 3. The summed E-state index contributed by atoms with van der Waals surface area (Å²) < 4.78 is 6.36. The molecule has 2 amide bonds. The quantitative estimate of drug-likeness (QED) is 0.133. The van der Waals surface area contributed by atoms with Crippen molar-refractivity contribution in [1.82, 2.24) is 5.01 Å². The number of hydrazone groups is 1. The molecule has 2 bridgehead atoms. The summed E-state index contributed by atoms with van der Waals surface area (Å²) in [5.74, 6) is -1.19. The molecule has 1 aromatic heterocycles. The van der Waals surface area contributed by atoms with Gasteiger partial charge in [0.15, 0.2) is 0 Å². The summed E-state index contributed by atoms with van der Waals surface area (Å²) in [5, 5.41) is 16.3. The number of non-ortho nitro benzene ring substituents is 1. The number of halogens is 1. The molecule has 0 spiro atoms. The highest BCUT2D eigenvalue weighted by Crippen LogP contribution is 2.60. The van der Waals surface area contributed by atoms with Crippen LogP contribution < -0.4 is 0 Å². The molecule has 3 aliphatic carbocycles. The van der Waals surface area contributed by atoms with Crippen molar-refractivity contribution in [3.8, 4) is 11.3 Å². The number of furan rings is 1. The fraction of sp³-hybridized carbons (Fsp3) is 0.138. The molecule has 8 rings (SSSR count). The third-order valence-electron chi connectivity index (χ3n) is 7.78. The van der Waals surface area contributed by atoms with E-state index >= 15 is 0 Å². The van der Waals surface area contributed by atoms with Crippen LogP contribution in [-0.4, -0.2) is 28.0 Å². The second kappa shape index (κ2) is 8.32. The highest BCUT2D eigenvalue weighted by atomic mass is 79.9. The molecule has 0 radical (unpaired) electrons. The maximum absolute atomic E-state index is 13.6. The number of carbonyl (C=O) groups excluding carboxylic acids is 2. The van der Waals surface area contributed by atoms with Crippen LogP contribution in [0.5, 0.6) is 0 Å². The summed E-state index contributed by atoms with van der Waals surface area (Å²) in [7, 11) is 0. The second-order valence-electron chi connectivity index (χ2n) is 9.62. The van der Waals surface area contributed by atoms with Crippen LogP contribution in [0.1, 0.15) is 39.8 Å². The van der Waals surface area contributed by atoms with E-state index in [9.17, 15) is 19.7 Å². The minimum atomic E-state index is -0.502. The molecular formula is C29H18BrN3O5. The lowest BCUT2D eigenvalue weighted by Crippen LogP contribution is -2.41. The first-order chi connectivity index (χ1) is 18.4. The maximum atomic E-state index is 13.6. The highest BCUT2D eigenvalue weighted by Gasteiger charge is 2.61. The Hall–Kier alpha value is -4.37. The van der Waals surface area contributed by atoms with Gasteiger partial charge in [0, 0.05) is 34.0 Å². The molecule has 1 aliphatic heterocycles. The predicted octanol–water partition coefficient (Wildman–Crippen LogP) is 5.84. The van der Waals surface area contributed by atoms with Crippen LogP contribution in [0.4, 0.5) is 5.69 Å². The van der Waals surface area contributed by atoms with Gasteiger partial charge in [-0.1, -0.05) is 48.5 Å². The van der Waals surface area contributed by atoms with Gasteiger partial charge < -0.3 is 4.42 Å². The Morgan fingerprint density at radius 1 is 0.842 bits per heavy atom. The normalized spacial score (nSPS) is 23.0. The lowest BCUT2D eigenvalue weighted by atomic mass is 9.55. The zero-order chi connectivity index (χ0) is 26.1. The first-order valence-corrected chi connectivity index (χ1v) is 12.9. The average molecular weight is 568 g/mol. The van der Waals surface area contributed by atoms with Crippen LogP contribution >= 0.6 is 15.9 Å². The molecule has 1 fully saturated rings. The number of nitro groups is 1. The maximum Gasteiger partial charge on any atom is 0.270 e. The van der Waals surface area contributed by atoms with Crippen LogP contribution in [-0.2, 0) is 9.59 Å². The monoisotopic (exact) mass is 567 g/mol. The third kappa shape index (κ3) is 3.18. The van der Waals surface area contributed by atoms with Crippen molar-refractivity contribution in [3.63, 3.8) is 0 Å². The number of nitro benzene ring substituents is 1. The standard InChI is InChI=1S/C29H18BrN3O5/c30-22-13-15(33(36)37)9-11-21(22)23-12-10-16(38-23)14-31-32-28(34)26-24-17-5-1-2-6-18(17)25(27(26)29(32)35)20-8-4-3-7-19(20)24/h1-14,24-27H/b31-14-/t24?,25?,26-,27-/m1/s1. The molecule has 4 aromatic rings. The van der Waals surface area contributed by atoms with Gasteiger partial charge in [0.2, 0.25) is 0 Å². The van der Waals surface area contributed by atoms with Crippen molar-refractivity contribution in [3.05, 3.63) is 121 Å². The lowest BCUT2D eigenvalue weighted by molar-refractivity contribution is -0.384. The first kappa shape index (κ1) is 22.8. The van der Waals surface area contributed by atoms with E-state index in [-0.39, 0.29) is 29.3 Å². The van der Waals surface area contributed by atoms with E-state index in [4.69, 9.17) is 4.42 Å². The zero-order valence-electron chi connectivity index (χ0n) is 19.7. The van der Waals surface area contributed by atoms with Gasteiger partial charge in [-0.05, 0) is 56.4 Å². The Labute approximate surface area is 224 Å². The SMILES string of the molecule is O=C1[C@@H]2C3c4ccccc4C(c4ccccc43)[C@H]2C(=O)N1/N=C\c1ccc(-c2ccc([N+](=O)[O-])cc2Br)o1. The minimum absolute atomic E-state index is 0.0419. The molecule has 2 atom stereocenters. The van der Waals surface area contributed by atoms with E-state index in [1.807, 2.05) is 24.3 Å². The van der Waals surface area contributed by atoms with Crippen LogP contribution in [0.2, 0.25) is 0 Å². The van der Waals surface area contributed by atoms with E-state index in [1.54, 1.807) is 18.2 Å². The van der Waals surface area contributed by atoms with Crippen molar-refractivity contribution in [1.29, 1.82) is 0 Å². The van der Waals surface area contributed by atoms with Gasteiger partial charge in [-0.2, -0.15) is 10.1 Å². The van der Waals surface area contributed by atoms with Crippen molar-refractivity contribution in [2.45, 2.75) is 11.8 Å². The van der Waals surface area contributed by atoms with Crippen molar-refractivity contribution < 1.29 is 18.9 Å². The Balaban J connectivity index is 1.21. The molecule has 4 aliphatic rings. The van der Waals surface area contributed by atoms with E-state index in [0.29, 0.717) is 21.6 Å². The van der Waals surface area contributed by atoms with E-state index in [0.717, 1.165) is 27.3 Å². The van der Waals surface area contributed by atoms with Gasteiger partial charge >= 0.3 is 0 Å². The molecule has 38 heavy (non-hydrogen) atoms. The molecule has 8 nitrogen and oxygen atoms in total. The Morgan fingerprint density at radius 2 is 1.39 bits per heavy atom. The summed E-state index contributed by atoms with van der Waals surface area (Å²) in [4.78, 5) is 37.8. The van der Waals surface area contributed by atoms with E-state index in [2.05, 4.69) is 45.3 Å². The van der Waals surface area contributed by atoms with Gasteiger partial charge in [-0.25, -0.2) is 0 Å². The van der Waals surface area contributed by atoms with Crippen molar-refractivity contribution in [2.24, 2.45) is 16.9 Å². The fourth-order valence-electron chi connectivity index (χ4n) is 6.27. The van der Waals surface area contributed by atoms with Gasteiger partial charge in [-0.3, -0.25) is 19.7 Å². The number of imide groups is 1. The molecule has 0 N–H and O–H groups in total. The zero-order valence-corrected chi connectivity index (χ0v) is 21.2. The summed E-state index contributed by atoms with van der Waals surface area (Å²) in [6.45, 7) is 0. The van der Waals surface area contributed by atoms with Gasteiger partial charge in [0.25, 0.3) is 17.5 Å². The number of hydrogen-bond donors (Lipinski definition) is 0. The molecule has 2 heterocycles. The minimum Gasteiger partial charge on any atom is -0.455 e. The Kier molecular flexibility index (Phi) is 4.99. The van der Waals surface area contributed by atoms with Gasteiger partial charge in [0.05, 0.1) is 23.0 Å². The van der Waals surface area contributed by atoms with Crippen LogP contribution in [0, 0.1) is 22.0 Å². The summed E-state index contributed by atoms with van der Waals surface area (Å²) in [6, 6.07) is 23.9. The molecule has 0 saturated carbocycles. The highest BCUT2D eigenvalue weighted by molar-refractivity contribution is 9.10. The first-order valence-electron chi connectivity index (χ1n) is 12.1. The molecule has 0 unspecified atom stereocenters. The number of carbonyl (C=O) groups is 2. The summed E-state index contributed by atoms with van der Waals surface area (Å²) in [5.41, 5.74) is 5.01. The number of benzene rings is 3. The Morgan fingerprint density at radius 3 is 1.89 bits per heavy atom. The van der Waals surface area contributed by atoms with E-state index in [1.165, 1.54) is 18.3 Å². The largest absolute Gasteiger partial charge is 0.455 e. The van der Waals surface area contributed by atoms with Crippen LogP contribution in [0.3, 0.4) is 0 Å². The van der Waals surface area contributed by atoms with Crippen molar-refractivity contribution >= 4 is 39.6 Å². The predicted molar refractivity (Wildman–Crippen MR) is 141 cm³/mol. The molecular weight excluding hydrogens is 550 g/mol. The summed E-state index contributed by atoms with van der Waals surface area (Å²) in [6.07, 6.45) is 1.36. The van der Waals surface area contributed by atoms with Crippen LogP contribution in [0.15, 0.2) is 92.9 Å². The average Bonchev–Trinajstić information content (AvgIpc) is 3.50. The third-order valence-corrected chi connectivity index (χ3v) is 8.44. The smallest absolute Gasteiger partial charge is 0.270 e. The number of hydrogen-bond acceptors (Lipinski definition) is 6. The lowest BCUT2D eigenvalue weighted by Gasteiger charge is -2.45. The Bertz CT molecular complexity index is 1590. The molecule has 186 valence electrons. The fourth-order valence-corrected chi connectivity index (χ4v) is 6.84. The number of rotatable bonds is 4. The molecule has 9 heteroatoms. The van der Waals surface area contributed by atoms with E-state index < -0.39 is 16.8 Å². The van der Waals surface area contributed by atoms with Crippen molar-refractivity contribution in [2.75, 3.05) is 0 Å². The van der Waals surface area contributed by atoms with Gasteiger partial charge in [-0.15, -0.1) is 0 Å². The summed E-state index contributed by atoms with van der Waals surface area (Å²) >= 11 is 3.35. The van der Waals surface area contributed by atoms with Gasteiger partial charge in [0.1, 0.15) is 11.5 Å².